The van der Waals surface area contributed by atoms with Crippen LogP contribution in [0.4, 0.5) is 0 Å². The Bertz CT molecular complexity index is 892. The smallest absolute Gasteiger partial charge is 0.276 e. The number of carbonyl (C=O) groups is 1. The average Bonchev–Trinajstić information content (AvgIpc) is 3.24. The summed E-state index contributed by atoms with van der Waals surface area (Å²) in [5, 5.41) is 6.22. The maximum Gasteiger partial charge on any atom is 0.276 e. The van der Waals surface area contributed by atoms with Crippen molar-refractivity contribution >= 4 is 17.2 Å². The minimum absolute atomic E-state index is 0.0644. The van der Waals surface area contributed by atoms with Gasteiger partial charge in [-0.25, -0.2) is 4.98 Å². The number of thiophene rings is 1. The lowest BCUT2D eigenvalue weighted by atomic mass is 10.2. The van der Waals surface area contributed by atoms with Crippen LogP contribution in [0, 0.1) is 6.92 Å². The Morgan fingerprint density at radius 2 is 2.29 bits per heavy atom. The highest BCUT2D eigenvalue weighted by molar-refractivity contribution is 7.10. The number of rotatable bonds is 2. The van der Waals surface area contributed by atoms with Gasteiger partial charge in [-0.1, -0.05) is 0 Å². The number of amides is 1. The Hall–Kier alpha value is -2.41. The van der Waals surface area contributed by atoms with Crippen LogP contribution in [-0.4, -0.2) is 32.1 Å². The van der Waals surface area contributed by atoms with E-state index in [9.17, 15) is 4.79 Å². The molecule has 0 atom stereocenters. The second-order valence-corrected chi connectivity index (χ2v) is 7.03. The van der Waals surface area contributed by atoms with Crippen LogP contribution < -0.4 is 0 Å². The van der Waals surface area contributed by atoms with Crippen molar-refractivity contribution < 1.29 is 9.21 Å². The first-order chi connectivity index (χ1) is 11.6. The number of oxazole rings is 1. The molecule has 0 aromatic carbocycles. The normalized spacial score (nSPS) is 14.5. The summed E-state index contributed by atoms with van der Waals surface area (Å²) in [5.74, 6) is 0.925. The van der Waals surface area contributed by atoms with E-state index in [0.29, 0.717) is 23.9 Å². The van der Waals surface area contributed by atoms with E-state index in [1.807, 2.05) is 18.1 Å². The lowest BCUT2D eigenvalue weighted by Gasteiger charge is -2.19. The molecular weight excluding hydrogens is 324 g/mol. The van der Waals surface area contributed by atoms with Crippen LogP contribution in [0.15, 0.2) is 28.3 Å². The Labute approximate surface area is 143 Å². The number of aromatic nitrogens is 3. The van der Waals surface area contributed by atoms with Gasteiger partial charge in [0.15, 0.2) is 5.69 Å². The molecule has 7 heteroatoms. The maximum absolute atomic E-state index is 12.9. The molecule has 4 rings (SSSR count). The fourth-order valence-corrected chi connectivity index (χ4v) is 3.96. The number of hydrogen-bond donors (Lipinski definition) is 0. The van der Waals surface area contributed by atoms with Crippen LogP contribution >= 0.6 is 11.3 Å². The van der Waals surface area contributed by atoms with Crippen molar-refractivity contribution in [2.45, 2.75) is 26.3 Å². The molecule has 24 heavy (non-hydrogen) atoms. The van der Waals surface area contributed by atoms with Crippen molar-refractivity contribution in [3.8, 4) is 11.5 Å². The number of hydrogen-bond acceptors (Lipinski definition) is 5. The number of aryl methyl sites for hydroxylation is 3. The summed E-state index contributed by atoms with van der Waals surface area (Å²) in [7, 11) is 1.83. The topological polar surface area (TPSA) is 64.2 Å². The van der Waals surface area contributed by atoms with E-state index < -0.39 is 0 Å². The molecule has 3 aromatic rings. The second kappa shape index (κ2) is 5.90. The SMILES string of the molecule is Cc1oc(-c2cnn(C)c2)nc1C(=O)N1CCCc2sccc2C1. The first-order valence-corrected chi connectivity index (χ1v) is 8.81. The van der Waals surface area contributed by atoms with Gasteiger partial charge in [0.1, 0.15) is 5.76 Å². The average molecular weight is 342 g/mol. The predicted molar refractivity (Wildman–Crippen MR) is 90.8 cm³/mol. The van der Waals surface area contributed by atoms with Gasteiger partial charge in [0.05, 0.1) is 11.8 Å². The van der Waals surface area contributed by atoms with Crippen molar-refractivity contribution in [2.24, 2.45) is 7.05 Å². The molecular formula is C17H18N4O2S. The highest BCUT2D eigenvalue weighted by atomic mass is 32.1. The fraction of sp³-hybridized carbons (Fsp3) is 0.353. The van der Waals surface area contributed by atoms with Crippen LogP contribution in [0.3, 0.4) is 0 Å². The van der Waals surface area contributed by atoms with E-state index in [1.165, 1.54) is 10.4 Å². The molecule has 0 saturated carbocycles. The summed E-state index contributed by atoms with van der Waals surface area (Å²) in [6.45, 7) is 3.18. The summed E-state index contributed by atoms with van der Waals surface area (Å²) in [4.78, 5) is 20.6. The van der Waals surface area contributed by atoms with Crippen molar-refractivity contribution in [3.63, 3.8) is 0 Å². The third-order valence-corrected chi connectivity index (χ3v) is 5.29. The zero-order chi connectivity index (χ0) is 16.7. The lowest BCUT2D eigenvalue weighted by Crippen LogP contribution is -2.31. The third kappa shape index (κ3) is 2.65. The minimum Gasteiger partial charge on any atom is -0.440 e. The fourth-order valence-electron chi connectivity index (χ4n) is 3.02. The van der Waals surface area contributed by atoms with E-state index in [-0.39, 0.29) is 5.91 Å². The Balaban J connectivity index is 1.62. The zero-order valence-electron chi connectivity index (χ0n) is 13.7. The summed E-state index contributed by atoms with van der Waals surface area (Å²) in [6, 6.07) is 2.11. The molecule has 3 aromatic heterocycles. The molecule has 0 radical (unpaired) electrons. The van der Waals surface area contributed by atoms with Gasteiger partial charge in [-0.3, -0.25) is 9.48 Å². The Kier molecular flexibility index (Phi) is 3.72. The molecule has 0 bridgehead atoms. The first kappa shape index (κ1) is 15.1. The second-order valence-electron chi connectivity index (χ2n) is 6.03. The van der Waals surface area contributed by atoms with Crippen LogP contribution in [0.1, 0.15) is 33.1 Å². The van der Waals surface area contributed by atoms with E-state index >= 15 is 0 Å². The Morgan fingerprint density at radius 1 is 1.42 bits per heavy atom. The van der Waals surface area contributed by atoms with Gasteiger partial charge in [0, 0.05) is 31.2 Å². The molecule has 0 N–H and O–H groups in total. The van der Waals surface area contributed by atoms with Crippen molar-refractivity contribution in [1.82, 2.24) is 19.7 Å². The highest BCUT2D eigenvalue weighted by Gasteiger charge is 2.26. The zero-order valence-corrected chi connectivity index (χ0v) is 14.5. The van der Waals surface area contributed by atoms with Crippen molar-refractivity contribution in [1.29, 1.82) is 0 Å². The summed E-state index contributed by atoms with van der Waals surface area (Å²) >= 11 is 1.77. The molecule has 1 aliphatic heterocycles. The molecule has 124 valence electrons. The number of nitrogens with zero attached hydrogens (tertiary/aromatic N) is 4. The van der Waals surface area contributed by atoms with Gasteiger partial charge in [-0.2, -0.15) is 5.10 Å². The van der Waals surface area contributed by atoms with E-state index in [4.69, 9.17) is 4.42 Å². The lowest BCUT2D eigenvalue weighted by molar-refractivity contribution is 0.0739. The minimum atomic E-state index is -0.0644. The van der Waals surface area contributed by atoms with Gasteiger partial charge >= 0.3 is 0 Å². The van der Waals surface area contributed by atoms with E-state index in [1.54, 1.807) is 29.1 Å². The molecule has 4 heterocycles. The molecule has 6 nitrogen and oxygen atoms in total. The highest BCUT2D eigenvalue weighted by Crippen LogP contribution is 2.26. The van der Waals surface area contributed by atoms with Gasteiger partial charge in [-0.05, 0) is 36.8 Å². The van der Waals surface area contributed by atoms with Gasteiger partial charge in [0.25, 0.3) is 5.91 Å². The predicted octanol–water partition coefficient (Wildman–Crippen LogP) is 3.03. The van der Waals surface area contributed by atoms with Crippen LogP contribution in [-0.2, 0) is 20.0 Å². The molecule has 1 amide bonds. The van der Waals surface area contributed by atoms with Gasteiger partial charge in [0.2, 0.25) is 5.89 Å². The standard InChI is InChI=1S/C17H18N4O2S/c1-11-15(19-16(23-11)13-8-18-20(2)9-13)17(22)21-6-3-4-14-12(10-21)5-7-24-14/h5,7-9H,3-4,6,10H2,1-2H3. The first-order valence-electron chi connectivity index (χ1n) is 7.93. The number of carbonyl (C=O) groups excluding carboxylic acids is 1. The van der Waals surface area contributed by atoms with Crippen LogP contribution in [0.2, 0.25) is 0 Å². The van der Waals surface area contributed by atoms with Crippen LogP contribution in [0.25, 0.3) is 11.5 Å². The van der Waals surface area contributed by atoms with E-state index in [0.717, 1.165) is 24.9 Å². The molecule has 0 saturated heterocycles. The molecule has 0 aliphatic carbocycles. The largest absolute Gasteiger partial charge is 0.440 e. The van der Waals surface area contributed by atoms with Gasteiger partial charge in [-0.15, -0.1) is 11.3 Å². The summed E-state index contributed by atoms with van der Waals surface area (Å²) in [5.41, 5.74) is 2.42. The quantitative estimate of drug-likeness (QED) is 0.718. The molecule has 1 aliphatic rings. The van der Waals surface area contributed by atoms with Crippen molar-refractivity contribution in [3.05, 3.63) is 45.7 Å². The van der Waals surface area contributed by atoms with E-state index in [2.05, 4.69) is 21.5 Å². The molecule has 0 spiro atoms. The monoisotopic (exact) mass is 342 g/mol. The van der Waals surface area contributed by atoms with Crippen molar-refractivity contribution in [2.75, 3.05) is 6.54 Å². The van der Waals surface area contributed by atoms with Gasteiger partial charge < -0.3 is 9.32 Å². The Morgan fingerprint density at radius 3 is 3.08 bits per heavy atom. The summed E-state index contributed by atoms with van der Waals surface area (Å²) in [6.07, 6.45) is 5.52. The van der Waals surface area contributed by atoms with Crippen LogP contribution in [0.5, 0.6) is 0 Å². The summed E-state index contributed by atoms with van der Waals surface area (Å²) < 4.78 is 7.39. The third-order valence-electron chi connectivity index (χ3n) is 4.27. The maximum atomic E-state index is 12.9. The molecule has 0 fully saturated rings. The number of fused-ring (bicyclic) bond motifs is 1. The molecule has 0 unspecified atom stereocenters.